The van der Waals surface area contributed by atoms with Gasteiger partial charge in [-0.05, 0) is 124 Å². The molecule has 1 unspecified atom stereocenters. The zero-order valence-electron chi connectivity index (χ0n) is 34.3. The minimum absolute atomic E-state index is 0.0146. The number of hydroxylamine groups is 1. The highest BCUT2D eigenvalue weighted by Gasteiger charge is 2.31. The fourth-order valence-corrected chi connectivity index (χ4v) is 9.73. The van der Waals surface area contributed by atoms with Crippen LogP contribution in [-0.2, 0) is 26.3 Å². The molecule has 4 aliphatic heterocycles. The number of piperidine rings is 4. The fraction of sp³-hybridized carbons (Fsp3) is 0.500. The number of amides is 4. The summed E-state index contributed by atoms with van der Waals surface area (Å²) >= 11 is 3.21. The first-order valence-electron chi connectivity index (χ1n) is 21.3. The Bertz CT molecular complexity index is 2270. The zero-order valence-corrected chi connectivity index (χ0v) is 35.9. The molecule has 14 nitrogen and oxygen atoms in total. The molecule has 4 amide bonds. The van der Waals surface area contributed by atoms with Gasteiger partial charge in [-0.2, -0.15) is 0 Å². The smallest absolute Gasteiger partial charge is 0.277 e. The van der Waals surface area contributed by atoms with Gasteiger partial charge in [-0.15, -0.1) is 0 Å². The third kappa shape index (κ3) is 10.0. The number of nitrogens with one attached hydrogen (secondary N) is 3. The Labute approximate surface area is 361 Å². The number of hydrogen-bond acceptors (Lipinski definition) is 10. The summed E-state index contributed by atoms with van der Waals surface area (Å²) in [5.74, 6) is -0.439. The van der Waals surface area contributed by atoms with Crippen LogP contribution in [0.3, 0.4) is 0 Å². The number of aromatic nitrogens is 3. The maximum Gasteiger partial charge on any atom is 0.277 e. The maximum absolute atomic E-state index is 15.7. The predicted octanol–water partition coefficient (Wildman–Crippen LogP) is 6.19. The molecule has 3 N–H and O–H groups in total. The Hall–Kier alpha value is -5.00. The second-order valence-corrected chi connectivity index (χ2v) is 17.9. The molecule has 4 aliphatic rings. The molecular weight excluding hydrogens is 852 g/mol. The van der Waals surface area contributed by atoms with E-state index < -0.39 is 17.5 Å². The number of benzene rings is 2. The number of halogens is 3. The van der Waals surface area contributed by atoms with Crippen molar-refractivity contribution in [3.63, 3.8) is 0 Å². The van der Waals surface area contributed by atoms with Crippen molar-refractivity contribution in [2.45, 2.75) is 63.7 Å². The number of carbonyl (C=O) groups is 4. The van der Waals surface area contributed by atoms with Gasteiger partial charge >= 0.3 is 0 Å². The van der Waals surface area contributed by atoms with Gasteiger partial charge < -0.3 is 24.6 Å². The Balaban J connectivity index is 0.739. The molecule has 1 atom stereocenters. The lowest BCUT2D eigenvalue weighted by atomic mass is 9.82. The van der Waals surface area contributed by atoms with Gasteiger partial charge in [-0.25, -0.2) is 24.2 Å². The van der Waals surface area contributed by atoms with Gasteiger partial charge in [0.05, 0.1) is 34.7 Å². The van der Waals surface area contributed by atoms with Gasteiger partial charge in [0.15, 0.2) is 12.4 Å². The molecule has 2 aromatic heterocycles. The van der Waals surface area contributed by atoms with Crippen molar-refractivity contribution < 1.29 is 32.8 Å². The van der Waals surface area contributed by atoms with E-state index in [0.717, 1.165) is 69.8 Å². The molecule has 2 aromatic carbocycles. The van der Waals surface area contributed by atoms with Crippen molar-refractivity contribution in [1.82, 2.24) is 35.1 Å². The molecule has 17 heteroatoms. The number of nitrogens with zero attached hydrogens (tertiary/aromatic N) is 6. The van der Waals surface area contributed by atoms with Gasteiger partial charge in [0.2, 0.25) is 11.8 Å². The summed E-state index contributed by atoms with van der Waals surface area (Å²) in [6, 6.07) is 9.59. The molecule has 0 bridgehead atoms. The van der Waals surface area contributed by atoms with Crippen molar-refractivity contribution in [3.8, 4) is 0 Å². The number of hydrogen-bond donors (Lipinski definition) is 3. The summed E-state index contributed by atoms with van der Waals surface area (Å²) in [5, 5.41) is 5.17. The van der Waals surface area contributed by atoms with Crippen molar-refractivity contribution >= 4 is 67.8 Å². The largest absolute Gasteiger partial charge is 0.357 e. The monoisotopic (exact) mass is 903 g/mol. The highest BCUT2D eigenvalue weighted by molar-refractivity contribution is 9.10. The molecule has 61 heavy (non-hydrogen) atoms. The highest BCUT2D eigenvalue weighted by Crippen LogP contribution is 2.34. The summed E-state index contributed by atoms with van der Waals surface area (Å²) in [7, 11) is 1.67. The zero-order chi connectivity index (χ0) is 42.6. The van der Waals surface area contributed by atoms with Crippen molar-refractivity contribution in [2.24, 2.45) is 24.8 Å². The van der Waals surface area contributed by atoms with Crippen LogP contribution in [-0.4, -0.2) is 100 Å². The van der Waals surface area contributed by atoms with Crippen LogP contribution in [0.5, 0.6) is 0 Å². The second kappa shape index (κ2) is 18.9. The topological polar surface area (TPSA) is 154 Å². The first kappa shape index (κ1) is 42.7. The number of imide groups is 1. The van der Waals surface area contributed by atoms with Gasteiger partial charge in [-0.1, -0.05) is 15.9 Å². The third-order valence-electron chi connectivity index (χ3n) is 13.0. The minimum Gasteiger partial charge on any atom is -0.357 e. The molecule has 0 saturated carbocycles. The predicted molar refractivity (Wildman–Crippen MR) is 229 cm³/mol. The molecule has 0 spiro atoms. The van der Waals surface area contributed by atoms with Crippen LogP contribution >= 0.6 is 15.9 Å². The van der Waals surface area contributed by atoms with Gasteiger partial charge in [0.1, 0.15) is 17.2 Å². The van der Waals surface area contributed by atoms with Crippen LogP contribution in [0.25, 0.3) is 11.0 Å². The lowest BCUT2D eigenvalue weighted by molar-refractivity contribution is -0.139. The van der Waals surface area contributed by atoms with E-state index in [4.69, 9.17) is 4.84 Å². The standard InChI is InChI=1S/C44H52BrF2N9O5/c1-53-26-49-42-36(53)23-33(41(40(42)47)50-35-4-2-31(45)22-34(35)46)44(60)52-61-25-39(58)56-18-9-28(10-19-56)20-27-7-14-54(15-8-27)24-29-11-16-55(17-12-29)37-21-30(6-13-48-37)32-3-5-38(57)51-43(32)59/h2,4,6,13,21-23,26-29,32,50H,3,5,7-12,14-20,24-25H2,1H3,(H,52,60)(H,51,57,59). The van der Waals surface area contributed by atoms with Crippen LogP contribution in [0.15, 0.2) is 53.4 Å². The number of likely N-dealkylation sites (tertiary alicyclic amines) is 2. The van der Waals surface area contributed by atoms with E-state index in [-0.39, 0.29) is 52.7 Å². The second-order valence-electron chi connectivity index (χ2n) is 17.0. The average Bonchev–Trinajstić information content (AvgIpc) is 3.63. The van der Waals surface area contributed by atoms with E-state index in [1.54, 1.807) is 28.8 Å². The molecule has 4 fully saturated rings. The van der Waals surface area contributed by atoms with Crippen LogP contribution in [0.2, 0.25) is 0 Å². The molecule has 4 saturated heterocycles. The summed E-state index contributed by atoms with van der Waals surface area (Å²) < 4.78 is 32.5. The van der Waals surface area contributed by atoms with E-state index in [0.29, 0.717) is 53.7 Å². The van der Waals surface area contributed by atoms with Gasteiger partial charge in [-0.3, -0.25) is 29.3 Å². The van der Waals surface area contributed by atoms with Crippen LogP contribution in [0, 0.1) is 29.4 Å². The third-order valence-corrected chi connectivity index (χ3v) is 13.5. The number of rotatable bonds is 12. The van der Waals surface area contributed by atoms with Crippen LogP contribution < -0.4 is 21.0 Å². The fourth-order valence-electron chi connectivity index (χ4n) is 9.40. The van der Waals surface area contributed by atoms with Crippen molar-refractivity contribution in [1.29, 1.82) is 0 Å². The number of anilines is 3. The first-order chi connectivity index (χ1) is 29.5. The normalized spacial score (nSPS) is 20.0. The minimum atomic E-state index is -0.824. The number of pyridine rings is 1. The summed E-state index contributed by atoms with van der Waals surface area (Å²) in [6.45, 7) is 6.11. The van der Waals surface area contributed by atoms with E-state index in [9.17, 15) is 23.6 Å². The van der Waals surface area contributed by atoms with Gasteiger partial charge in [0, 0.05) is 56.9 Å². The number of aryl methyl sites for hydroxylation is 1. The number of fused-ring (bicyclic) bond motifs is 1. The number of imidazole rings is 1. The number of carbonyl (C=O) groups excluding carboxylic acids is 4. The Kier molecular flexibility index (Phi) is 13.3. The molecule has 0 radical (unpaired) electrons. The van der Waals surface area contributed by atoms with E-state index in [1.165, 1.54) is 43.8 Å². The lowest BCUT2D eigenvalue weighted by Gasteiger charge is -2.39. The van der Waals surface area contributed by atoms with Gasteiger partial charge in [0.25, 0.3) is 11.8 Å². The molecule has 6 heterocycles. The molecule has 324 valence electrons. The van der Waals surface area contributed by atoms with Crippen molar-refractivity contribution in [2.75, 3.05) is 62.6 Å². The molecular formula is C44H52BrF2N9O5. The molecule has 0 aliphatic carbocycles. The molecule has 4 aromatic rings. The first-order valence-corrected chi connectivity index (χ1v) is 22.1. The molecule has 8 rings (SSSR count). The van der Waals surface area contributed by atoms with E-state index in [2.05, 4.69) is 51.8 Å². The Morgan fingerprint density at radius 1 is 0.902 bits per heavy atom. The summed E-state index contributed by atoms with van der Waals surface area (Å²) in [5.41, 5.74) is 3.14. The van der Waals surface area contributed by atoms with Crippen molar-refractivity contribution in [3.05, 3.63) is 76.2 Å². The summed E-state index contributed by atoms with van der Waals surface area (Å²) in [6.07, 6.45) is 11.7. The average molecular weight is 905 g/mol. The van der Waals surface area contributed by atoms with E-state index >= 15 is 4.39 Å². The lowest BCUT2D eigenvalue weighted by Crippen LogP contribution is -2.43. The maximum atomic E-state index is 15.7. The SMILES string of the molecule is Cn1cnc2c(F)c(Nc3ccc(Br)cc3F)c(C(=O)NOCC(=O)N3CCC(CC4CCN(CC5CCN(c6cc(C7CCC(=O)NC7=O)ccn6)CC5)CC4)CC3)cc21. The Morgan fingerprint density at radius 2 is 1.62 bits per heavy atom. The van der Waals surface area contributed by atoms with Crippen LogP contribution in [0.1, 0.15) is 79.6 Å². The van der Waals surface area contributed by atoms with Crippen LogP contribution in [0.4, 0.5) is 26.0 Å². The Morgan fingerprint density at radius 3 is 2.34 bits per heavy atom. The van der Waals surface area contributed by atoms with E-state index in [1.807, 2.05) is 12.1 Å². The quantitative estimate of drug-likeness (QED) is 0.111. The summed E-state index contributed by atoms with van der Waals surface area (Å²) in [4.78, 5) is 71.3. The highest BCUT2D eigenvalue weighted by atomic mass is 79.9.